The van der Waals surface area contributed by atoms with Crippen molar-refractivity contribution in [2.45, 2.75) is 80.4 Å². The summed E-state index contributed by atoms with van der Waals surface area (Å²) in [6.07, 6.45) is 0. The highest BCUT2D eigenvalue weighted by molar-refractivity contribution is 4.96. The predicted molar refractivity (Wildman–Crippen MR) is 85.5 cm³/mol. The summed E-state index contributed by atoms with van der Waals surface area (Å²) in [5, 5.41) is 3.79. The Balaban J connectivity index is 2.91. The Morgan fingerprint density at radius 1 is 1.00 bits per heavy atom. The largest absolute Gasteiger partial charge is 0.311 e. The van der Waals surface area contributed by atoms with Gasteiger partial charge < -0.3 is 5.32 Å². The first-order valence-electron chi connectivity index (χ1n) is 7.93. The Labute approximate surface area is 121 Å². The van der Waals surface area contributed by atoms with Crippen LogP contribution in [-0.2, 0) is 0 Å². The highest BCUT2D eigenvalue weighted by atomic mass is 15.3. The van der Waals surface area contributed by atoms with Crippen LogP contribution in [0.15, 0.2) is 0 Å². The molecule has 1 fully saturated rings. The van der Waals surface area contributed by atoms with Crippen molar-refractivity contribution >= 4 is 0 Å². The molecule has 0 aromatic heterocycles. The van der Waals surface area contributed by atoms with Gasteiger partial charge in [0.2, 0.25) is 0 Å². The highest BCUT2D eigenvalue weighted by Crippen LogP contribution is 2.32. The Bertz CT molecular complexity index is 281. The molecule has 3 unspecified atom stereocenters. The maximum Gasteiger partial charge on any atom is 0.0247 e. The number of hydrogen-bond donors (Lipinski definition) is 1. The molecule has 114 valence electrons. The molecule has 0 radical (unpaired) electrons. The first-order valence-corrected chi connectivity index (χ1v) is 7.93. The number of piperazine rings is 1. The minimum absolute atomic E-state index is 0.331. The van der Waals surface area contributed by atoms with Gasteiger partial charge in [-0.1, -0.05) is 55.4 Å². The van der Waals surface area contributed by atoms with Gasteiger partial charge in [0.25, 0.3) is 0 Å². The van der Waals surface area contributed by atoms with Crippen LogP contribution < -0.4 is 5.32 Å². The molecule has 1 heterocycles. The lowest BCUT2D eigenvalue weighted by Gasteiger charge is -2.51. The zero-order valence-electron chi connectivity index (χ0n) is 14.7. The van der Waals surface area contributed by atoms with Crippen LogP contribution in [0.4, 0.5) is 0 Å². The van der Waals surface area contributed by atoms with Crippen molar-refractivity contribution in [3.05, 3.63) is 0 Å². The van der Waals surface area contributed by atoms with E-state index in [-0.39, 0.29) is 0 Å². The Hall–Kier alpha value is -0.0800. The number of nitrogens with one attached hydrogen (secondary N) is 1. The summed E-state index contributed by atoms with van der Waals surface area (Å²) >= 11 is 0. The van der Waals surface area contributed by atoms with Crippen LogP contribution in [0, 0.1) is 16.7 Å². The van der Waals surface area contributed by atoms with E-state index >= 15 is 0 Å². The molecule has 19 heavy (non-hydrogen) atoms. The second kappa shape index (κ2) is 5.73. The Morgan fingerprint density at radius 2 is 1.53 bits per heavy atom. The molecule has 2 nitrogen and oxygen atoms in total. The highest BCUT2D eigenvalue weighted by Gasteiger charge is 2.39. The van der Waals surface area contributed by atoms with E-state index in [1.807, 2.05) is 0 Å². The van der Waals surface area contributed by atoms with Crippen LogP contribution in [-0.4, -0.2) is 36.1 Å². The molecule has 0 aromatic rings. The third-order valence-corrected chi connectivity index (χ3v) is 4.96. The lowest BCUT2D eigenvalue weighted by molar-refractivity contribution is -0.00221. The second-order valence-electron chi connectivity index (χ2n) is 8.88. The van der Waals surface area contributed by atoms with E-state index < -0.39 is 0 Å². The number of hydrogen-bond acceptors (Lipinski definition) is 2. The van der Waals surface area contributed by atoms with Crippen molar-refractivity contribution in [3.63, 3.8) is 0 Å². The van der Waals surface area contributed by atoms with E-state index in [0.29, 0.717) is 34.9 Å². The standard InChI is InChI=1S/C17H36N2/c1-12(2)14-10-18-15(17(7,8)9)11-19(14)13(3)16(4,5)6/h12-15,18H,10-11H2,1-9H3. The monoisotopic (exact) mass is 268 g/mol. The summed E-state index contributed by atoms with van der Waals surface area (Å²) in [6.45, 7) is 23.5. The van der Waals surface area contributed by atoms with Gasteiger partial charge in [-0.05, 0) is 23.7 Å². The predicted octanol–water partition coefficient (Wildman–Crippen LogP) is 3.77. The summed E-state index contributed by atoms with van der Waals surface area (Å²) in [5.41, 5.74) is 0.671. The van der Waals surface area contributed by atoms with E-state index in [4.69, 9.17) is 0 Å². The third-order valence-electron chi connectivity index (χ3n) is 4.96. The van der Waals surface area contributed by atoms with E-state index in [0.717, 1.165) is 6.54 Å². The minimum atomic E-state index is 0.331. The molecule has 1 rings (SSSR count). The van der Waals surface area contributed by atoms with Crippen molar-refractivity contribution < 1.29 is 0 Å². The number of rotatable bonds is 2. The molecule has 1 saturated heterocycles. The summed E-state index contributed by atoms with van der Waals surface area (Å²) in [4.78, 5) is 2.76. The average Bonchev–Trinajstić information content (AvgIpc) is 2.24. The molecule has 0 bridgehead atoms. The van der Waals surface area contributed by atoms with Gasteiger partial charge in [-0.25, -0.2) is 0 Å². The van der Waals surface area contributed by atoms with Crippen LogP contribution in [0.5, 0.6) is 0 Å². The molecule has 1 N–H and O–H groups in total. The molecule has 0 aromatic carbocycles. The zero-order chi connectivity index (χ0) is 15.0. The lowest BCUT2D eigenvalue weighted by atomic mass is 9.80. The minimum Gasteiger partial charge on any atom is -0.311 e. The summed E-state index contributed by atoms with van der Waals surface area (Å²) in [7, 11) is 0. The average molecular weight is 268 g/mol. The van der Waals surface area contributed by atoms with Crippen molar-refractivity contribution in [1.29, 1.82) is 0 Å². The molecule has 3 atom stereocenters. The summed E-state index contributed by atoms with van der Waals surface area (Å²) in [6, 6.07) is 1.87. The van der Waals surface area contributed by atoms with Crippen molar-refractivity contribution in [2.24, 2.45) is 16.7 Å². The van der Waals surface area contributed by atoms with Crippen molar-refractivity contribution in [1.82, 2.24) is 10.2 Å². The normalized spacial score (nSPS) is 28.7. The van der Waals surface area contributed by atoms with E-state index in [2.05, 4.69) is 72.5 Å². The molecule has 0 amide bonds. The quantitative estimate of drug-likeness (QED) is 0.820. The van der Waals surface area contributed by atoms with Crippen LogP contribution in [0.2, 0.25) is 0 Å². The van der Waals surface area contributed by atoms with Gasteiger partial charge in [0.05, 0.1) is 0 Å². The molecular formula is C17H36N2. The Kier molecular flexibility index (Phi) is 5.12. The third kappa shape index (κ3) is 4.19. The molecule has 0 spiro atoms. The van der Waals surface area contributed by atoms with Gasteiger partial charge in [0.1, 0.15) is 0 Å². The van der Waals surface area contributed by atoms with E-state index in [9.17, 15) is 0 Å². The van der Waals surface area contributed by atoms with Gasteiger partial charge in [0.15, 0.2) is 0 Å². The van der Waals surface area contributed by atoms with E-state index in [1.165, 1.54) is 6.54 Å². The lowest BCUT2D eigenvalue weighted by Crippen LogP contribution is -2.65. The molecular weight excluding hydrogens is 232 g/mol. The van der Waals surface area contributed by atoms with Crippen LogP contribution >= 0.6 is 0 Å². The fourth-order valence-electron chi connectivity index (χ4n) is 2.93. The SMILES string of the molecule is CC(C)C1CNC(C(C)(C)C)CN1C(C)C(C)(C)C. The van der Waals surface area contributed by atoms with Gasteiger partial charge in [-0.2, -0.15) is 0 Å². The van der Waals surface area contributed by atoms with Gasteiger partial charge in [0, 0.05) is 31.2 Å². The van der Waals surface area contributed by atoms with Crippen molar-refractivity contribution in [2.75, 3.05) is 13.1 Å². The maximum atomic E-state index is 3.79. The molecule has 1 aliphatic rings. The summed E-state index contributed by atoms with van der Waals surface area (Å²) in [5.74, 6) is 0.707. The van der Waals surface area contributed by atoms with Crippen LogP contribution in [0.25, 0.3) is 0 Å². The number of nitrogens with zero attached hydrogens (tertiary/aromatic N) is 1. The fraction of sp³-hybridized carbons (Fsp3) is 1.00. The van der Waals surface area contributed by atoms with Crippen molar-refractivity contribution in [3.8, 4) is 0 Å². The summed E-state index contributed by atoms with van der Waals surface area (Å²) < 4.78 is 0. The second-order valence-corrected chi connectivity index (χ2v) is 8.88. The zero-order valence-corrected chi connectivity index (χ0v) is 14.7. The smallest absolute Gasteiger partial charge is 0.0247 e. The topological polar surface area (TPSA) is 15.3 Å². The van der Waals surface area contributed by atoms with E-state index in [1.54, 1.807) is 0 Å². The first kappa shape index (κ1) is 17.0. The van der Waals surface area contributed by atoms with Gasteiger partial charge >= 0.3 is 0 Å². The molecule has 0 saturated carbocycles. The van der Waals surface area contributed by atoms with Crippen LogP contribution in [0.1, 0.15) is 62.3 Å². The Morgan fingerprint density at radius 3 is 1.89 bits per heavy atom. The van der Waals surface area contributed by atoms with Gasteiger partial charge in [-0.15, -0.1) is 0 Å². The maximum absolute atomic E-state index is 3.79. The molecule has 1 aliphatic heterocycles. The molecule has 2 heteroatoms. The van der Waals surface area contributed by atoms with Crippen LogP contribution in [0.3, 0.4) is 0 Å². The fourth-order valence-corrected chi connectivity index (χ4v) is 2.93. The molecule has 0 aliphatic carbocycles. The van der Waals surface area contributed by atoms with Gasteiger partial charge in [-0.3, -0.25) is 4.90 Å². The first-order chi connectivity index (χ1) is 8.44.